The standard InChI is InChI=1S/C25H24N4O3/c1-2-31-24-15-21(8-11-23(24)32-18-20-5-3-12-26-16-20)25(30)28-22-9-6-19(7-10-22)17-29-14-4-13-27-29/h3-16H,2,17-18H2,1H3,(H,28,30). The van der Waals surface area contributed by atoms with Crippen LogP contribution in [0, 0.1) is 0 Å². The molecule has 0 unspecified atom stereocenters. The first-order chi connectivity index (χ1) is 15.7. The van der Waals surface area contributed by atoms with E-state index in [0.29, 0.717) is 42.5 Å². The highest BCUT2D eigenvalue weighted by molar-refractivity contribution is 6.04. The van der Waals surface area contributed by atoms with Gasteiger partial charge in [-0.3, -0.25) is 14.5 Å². The molecule has 7 heteroatoms. The van der Waals surface area contributed by atoms with Crippen molar-refractivity contribution in [3.63, 3.8) is 0 Å². The van der Waals surface area contributed by atoms with Crippen molar-refractivity contribution in [3.8, 4) is 11.5 Å². The second kappa shape index (κ2) is 10.3. The van der Waals surface area contributed by atoms with Gasteiger partial charge in [0.05, 0.1) is 13.2 Å². The van der Waals surface area contributed by atoms with Crippen LogP contribution in [0.2, 0.25) is 0 Å². The molecule has 0 saturated carbocycles. The largest absolute Gasteiger partial charge is 0.490 e. The van der Waals surface area contributed by atoms with Gasteiger partial charge >= 0.3 is 0 Å². The predicted molar refractivity (Wildman–Crippen MR) is 122 cm³/mol. The van der Waals surface area contributed by atoms with Crippen molar-refractivity contribution in [2.45, 2.75) is 20.1 Å². The van der Waals surface area contributed by atoms with Crippen LogP contribution in [0.25, 0.3) is 0 Å². The lowest BCUT2D eigenvalue weighted by atomic mass is 10.1. The molecule has 32 heavy (non-hydrogen) atoms. The van der Waals surface area contributed by atoms with Crippen molar-refractivity contribution in [1.82, 2.24) is 14.8 Å². The maximum Gasteiger partial charge on any atom is 0.255 e. The number of nitrogens with one attached hydrogen (secondary N) is 1. The summed E-state index contributed by atoms with van der Waals surface area (Å²) >= 11 is 0. The summed E-state index contributed by atoms with van der Waals surface area (Å²) in [5, 5.41) is 7.13. The number of rotatable bonds is 9. The summed E-state index contributed by atoms with van der Waals surface area (Å²) in [5.74, 6) is 0.887. The number of carbonyl (C=O) groups is 1. The van der Waals surface area contributed by atoms with Crippen LogP contribution >= 0.6 is 0 Å². The Morgan fingerprint density at radius 3 is 2.56 bits per heavy atom. The molecule has 0 aliphatic heterocycles. The van der Waals surface area contributed by atoms with E-state index in [0.717, 1.165) is 11.1 Å². The molecule has 2 aromatic carbocycles. The fraction of sp³-hybridized carbons (Fsp3) is 0.160. The maximum atomic E-state index is 12.8. The van der Waals surface area contributed by atoms with Crippen molar-refractivity contribution >= 4 is 11.6 Å². The lowest BCUT2D eigenvalue weighted by molar-refractivity contribution is 0.102. The minimum Gasteiger partial charge on any atom is -0.490 e. The molecule has 0 aliphatic carbocycles. The van der Waals surface area contributed by atoms with Gasteiger partial charge in [-0.2, -0.15) is 5.10 Å². The average molecular weight is 428 g/mol. The summed E-state index contributed by atoms with van der Waals surface area (Å²) < 4.78 is 13.4. The third kappa shape index (κ3) is 5.51. The first-order valence-electron chi connectivity index (χ1n) is 10.4. The number of nitrogens with zero attached hydrogens (tertiary/aromatic N) is 3. The number of ether oxygens (including phenoxy) is 2. The van der Waals surface area contributed by atoms with E-state index in [1.54, 1.807) is 36.8 Å². The smallest absolute Gasteiger partial charge is 0.255 e. The quantitative estimate of drug-likeness (QED) is 0.423. The third-order valence-electron chi connectivity index (χ3n) is 4.74. The number of hydrogen-bond donors (Lipinski definition) is 1. The molecule has 0 atom stereocenters. The van der Waals surface area contributed by atoms with Crippen molar-refractivity contribution < 1.29 is 14.3 Å². The van der Waals surface area contributed by atoms with E-state index in [2.05, 4.69) is 15.4 Å². The van der Waals surface area contributed by atoms with Gasteiger partial charge < -0.3 is 14.8 Å². The van der Waals surface area contributed by atoms with Crippen molar-refractivity contribution in [2.24, 2.45) is 0 Å². The second-order valence-electron chi connectivity index (χ2n) is 7.10. The van der Waals surface area contributed by atoms with Crippen LogP contribution in [0.3, 0.4) is 0 Å². The van der Waals surface area contributed by atoms with Crippen LogP contribution in [0.4, 0.5) is 5.69 Å². The van der Waals surface area contributed by atoms with Crippen LogP contribution in [0.5, 0.6) is 11.5 Å². The van der Waals surface area contributed by atoms with Crippen LogP contribution in [0.15, 0.2) is 85.5 Å². The van der Waals surface area contributed by atoms with Crippen molar-refractivity contribution in [3.05, 3.63) is 102 Å². The number of benzene rings is 2. The number of anilines is 1. The molecule has 0 saturated heterocycles. The topological polar surface area (TPSA) is 78.3 Å². The summed E-state index contributed by atoms with van der Waals surface area (Å²) in [7, 11) is 0. The van der Waals surface area contributed by atoms with Crippen molar-refractivity contribution in [1.29, 1.82) is 0 Å². The Morgan fingerprint density at radius 2 is 1.84 bits per heavy atom. The Balaban J connectivity index is 1.41. The Hall–Kier alpha value is -4.13. The fourth-order valence-electron chi connectivity index (χ4n) is 3.16. The van der Waals surface area contributed by atoms with E-state index >= 15 is 0 Å². The predicted octanol–water partition coefficient (Wildman–Crippen LogP) is 4.56. The summed E-state index contributed by atoms with van der Waals surface area (Å²) in [5.41, 5.74) is 3.25. The van der Waals surface area contributed by atoms with E-state index < -0.39 is 0 Å². The van der Waals surface area contributed by atoms with Gasteiger partial charge in [0.1, 0.15) is 6.61 Å². The molecule has 2 aromatic heterocycles. The highest BCUT2D eigenvalue weighted by atomic mass is 16.5. The van der Waals surface area contributed by atoms with Crippen LogP contribution in [-0.4, -0.2) is 27.3 Å². The monoisotopic (exact) mass is 428 g/mol. The van der Waals surface area contributed by atoms with Gasteiger partial charge in [-0.1, -0.05) is 18.2 Å². The molecule has 0 radical (unpaired) electrons. The van der Waals surface area contributed by atoms with E-state index in [-0.39, 0.29) is 5.91 Å². The van der Waals surface area contributed by atoms with Gasteiger partial charge in [-0.05, 0) is 55.0 Å². The molecule has 2 heterocycles. The minimum absolute atomic E-state index is 0.218. The Labute approximate surface area is 186 Å². The van der Waals surface area contributed by atoms with Crippen LogP contribution in [-0.2, 0) is 13.2 Å². The van der Waals surface area contributed by atoms with Gasteiger partial charge in [0.15, 0.2) is 11.5 Å². The lowest BCUT2D eigenvalue weighted by Gasteiger charge is -2.14. The Bertz CT molecular complexity index is 1140. The Morgan fingerprint density at radius 1 is 0.969 bits per heavy atom. The SMILES string of the molecule is CCOc1cc(C(=O)Nc2ccc(Cn3cccn3)cc2)ccc1OCc1cccnc1. The number of pyridine rings is 1. The van der Waals surface area contributed by atoms with Gasteiger partial charge in [-0.15, -0.1) is 0 Å². The van der Waals surface area contributed by atoms with E-state index in [1.807, 2.05) is 60.3 Å². The zero-order chi connectivity index (χ0) is 22.2. The highest BCUT2D eigenvalue weighted by Crippen LogP contribution is 2.29. The van der Waals surface area contributed by atoms with E-state index in [4.69, 9.17) is 9.47 Å². The summed E-state index contributed by atoms with van der Waals surface area (Å²) in [6.07, 6.45) is 7.13. The molecular formula is C25H24N4O3. The number of hydrogen-bond acceptors (Lipinski definition) is 5. The zero-order valence-corrected chi connectivity index (χ0v) is 17.8. The molecular weight excluding hydrogens is 404 g/mol. The number of carbonyl (C=O) groups excluding carboxylic acids is 1. The minimum atomic E-state index is -0.218. The van der Waals surface area contributed by atoms with E-state index in [9.17, 15) is 4.79 Å². The fourth-order valence-corrected chi connectivity index (χ4v) is 3.16. The van der Waals surface area contributed by atoms with Gasteiger partial charge in [0.25, 0.3) is 5.91 Å². The third-order valence-corrected chi connectivity index (χ3v) is 4.74. The highest BCUT2D eigenvalue weighted by Gasteiger charge is 2.12. The number of amides is 1. The first kappa shape index (κ1) is 21.1. The summed E-state index contributed by atoms with van der Waals surface area (Å²) in [4.78, 5) is 16.9. The van der Waals surface area contributed by atoms with Gasteiger partial charge in [0, 0.05) is 41.6 Å². The van der Waals surface area contributed by atoms with Gasteiger partial charge in [-0.25, -0.2) is 0 Å². The molecule has 1 N–H and O–H groups in total. The van der Waals surface area contributed by atoms with Crippen LogP contribution in [0.1, 0.15) is 28.4 Å². The number of aromatic nitrogens is 3. The molecule has 1 amide bonds. The molecule has 7 nitrogen and oxygen atoms in total. The van der Waals surface area contributed by atoms with E-state index in [1.165, 1.54) is 0 Å². The van der Waals surface area contributed by atoms with Gasteiger partial charge in [0.2, 0.25) is 0 Å². The summed E-state index contributed by atoms with van der Waals surface area (Å²) in [6, 6.07) is 18.6. The molecule has 0 spiro atoms. The molecule has 162 valence electrons. The Kier molecular flexibility index (Phi) is 6.77. The second-order valence-corrected chi connectivity index (χ2v) is 7.10. The molecule has 0 bridgehead atoms. The molecule has 4 rings (SSSR count). The zero-order valence-electron chi connectivity index (χ0n) is 17.8. The molecule has 4 aromatic rings. The summed E-state index contributed by atoms with van der Waals surface area (Å²) in [6.45, 7) is 3.40. The van der Waals surface area contributed by atoms with Crippen molar-refractivity contribution in [2.75, 3.05) is 11.9 Å². The molecule has 0 aliphatic rings. The maximum absolute atomic E-state index is 12.8. The first-order valence-corrected chi connectivity index (χ1v) is 10.4. The van der Waals surface area contributed by atoms with Crippen LogP contribution < -0.4 is 14.8 Å². The molecule has 0 fully saturated rings. The normalized spacial score (nSPS) is 10.5. The average Bonchev–Trinajstić information content (AvgIpc) is 3.33. The lowest BCUT2D eigenvalue weighted by Crippen LogP contribution is -2.12.